The zero-order valence-corrected chi connectivity index (χ0v) is 14.6. The van der Waals surface area contributed by atoms with Gasteiger partial charge in [-0.25, -0.2) is 0 Å². The van der Waals surface area contributed by atoms with Crippen molar-refractivity contribution in [1.29, 1.82) is 0 Å². The third-order valence-electron chi connectivity index (χ3n) is 4.09. The van der Waals surface area contributed by atoms with Gasteiger partial charge in [-0.3, -0.25) is 19.7 Å². The van der Waals surface area contributed by atoms with Crippen LogP contribution in [-0.2, 0) is 17.9 Å². The Kier molecular flexibility index (Phi) is 8.01. The number of pyridine rings is 2. The average molecular weight is 342 g/mol. The molecule has 25 heavy (non-hydrogen) atoms. The van der Waals surface area contributed by atoms with Gasteiger partial charge in [0.05, 0.1) is 11.4 Å². The molecule has 6 heteroatoms. The number of hydrogen-bond donors (Lipinski definition) is 2. The lowest BCUT2D eigenvalue weighted by molar-refractivity contribution is -0.139. The van der Waals surface area contributed by atoms with Crippen LogP contribution in [-0.4, -0.2) is 45.6 Å². The van der Waals surface area contributed by atoms with Gasteiger partial charge >= 0.3 is 5.97 Å². The fourth-order valence-electron chi connectivity index (χ4n) is 2.73. The molecule has 0 saturated carbocycles. The van der Waals surface area contributed by atoms with Gasteiger partial charge in [0.15, 0.2) is 0 Å². The van der Waals surface area contributed by atoms with Crippen molar-refractivity contribution < 1.29 is 9.90 Å². The van der Waals surface area contributed by atoms with E-state index in [2.05, 4.69) is 20.2 Å². The van der Waals surface area contributed by atoms with E-state index in [1.165, 1.54) is 0 Å². The molecule has 2 aromatic heterocycles. The lowest BCUT2D eigenvalue weighted by atomic mass is 10.1. The van der Waals surface area contributed by atoms with E-state index in [1.807, 2.05) is 36.4 Å². The van der Waals surface area contributed by atoms with Crippen molar-refractivity contribution in [1.82, 2.24) is 20.2 Å². The van der Waals surface area contributed by atoms with Gasteiger partial charge in [0.2, 0.25) is 0 Å². The van der Waals surface area contributed by atoms with Crippen molar-refractivity contribution >= 4 is 5.97 Å². The number of likely N-dealkylation sites (N-methyl/N-ethyl adjacent to an activating group) is 1. The van der Waals surface area contributed by atoms with Gasteiger partial charge in [-0.15, -0.1) is 0 Å². The topological polar surface area (TPSA) is 78.3 Å². The number of unbranched alkanes of at least 4 members (excludes halogenated alkanes) is 1. The van der Waals surface area contributed by atoms with E-state index in [4.69, 9.17) is 5.11 Å². The van der Waals surface area contributed by atoms with Crippen LogP contribution in [0.25, 0.3) is 0 Å². The Morgan fingerprint density at radius 3 is 2.12 bits per heavy atom. The van der Waals surface area contributed by atoms with Crippen molar-refractivity contribution in [2.75, 3.05) is 13.6 Å². The van der Waals surface area contributed by atoms with Gasteiger partial charge in [-0.1, -0.05) is 18.6 Å². The van der Waals surface area contributed by atoms with Crippen molar-refractivity contribution in [2.24, 2.45) is 0 Å². The fourth-order valence-corrected chi connectivity index (χ4v) is 2.73. The van der Waals surface area contributed by atoms with E-state index in [1.54, 1.807) is 19.4 Å². The van der Waals surface area contributed by atoms with Crippen molar-refractivity contribution in [3.63, 3.8) is 0 Å². The maximum absolute atomic E-state index is 11.1. The SMILES string of the molecule is CN[C@@H](CCCCN(Cc1ccccn1)Cc1ccccn1)C(=O)O. The van der Waals surface area contributed by atoms with Gasteiger partial charge in [-0.2, -0.15) is 0 Å². The summed E-state index contributed by atoms with van der Waals surface area (Å²) in [5.74, 6) is -0.790. The number of aromatic nitrogens is 2. The number of hydrogen-bond acceptors (Lipinski definition) is 5. The molecule has 2 N–H and O–H groups in total. The zero-order valence-electron chi connectivity index (χ0n) is 14.6. The van der Waals surface area contributed by atoms with Crippen LogP contribution in [0.3, 0.4) is 0 Å². The smallest absolute Gasteiger partial charge is 0.320 e. The molecule has 0 saturated heterocycles. The summed E-state index contributed by atoms with van der Waals surface area (Å²) >= 11 is 0. The summed E-state index contributed by atoms with van der Waals surface area (Å²) in [7, 11) is 1.69. The molecule has 0 fully saturated rings. The standard InChI is InChI=1S/C19H26N4O2/c1-20-18(19(24)25)10-4-7-13-23(14-16-8-2-5-11-21-16)15-17-9-3-6-12-22-17/h2-3,5-6,8-9,11-12,18,20H,4,7,10,13-15H2,1H3,(H,24,25)/t18-/m0/s1. The molecule has 0 spiro atoms. The van der Waals surface area contributed by atoms with Crippen LogP contribution in [0.1, 0.15) is 30.7 Å². The van der Waals surface area contributed by atoms with Gasteiger partial charge in [0, 0.05) is 25.5 Å². The lowest BCUT2D eigenvalue weighted by Gasteiger charge is -2.22. The summed E-state index contributed by atoms with van der Waals surface area (Å²) in [6.45, 7) is 2.39. The summed E-state index contributed by atoms with van der Waals surface area (Å²) in [5.41, 5.74) is 2.05. The van der Waals surface area contributed by atoms with Crippen molar-refractivity contribution in [3.05, 3.63) is 60.2 Å². The Morgan fingerprint density at radius 1 is 1.08 bits per heavy atom. The van der Waals surface area contributed by atoms with Crippen LogP contribution in [0.4, 0.5) is 0 Å². The molecule has 134 valence electrons. The molecule has 2 aromatic rings. The minimum Gasteiger partial charge on any atom is -0.480 e. The second kappa shape index (κ2) is 10.5. The van der Waals surface area contributed by atoms with Crippen LogP contribution < -0.4 is 5.32 Å². The number of nitrogens with one attached hydrogen (secondary N) is 1. The number of rotatable bonds is 11. The molecule has 0 amide bonds. The molecule has 6 nitrogen and oxygen atoms in total. The molecule has 0 aromatic carbocycles. The molecular formula is C19H26N4O2. The molecule has 0 radical (unpaired) electrons. The molecule has 0 aliphatic heterocycles. The maximum atomic E-state index is 11.1. The zero-order chi connectivity index (χ0) is 17.9. The van der Waals surface area contributed by atoms with Crippen molar-refractivity contribution in [3.8, 4) is 0 Å². The van der Waals surface area contributed by atoms with E-state index in [9.17, 15) is 4.79 Å². The summed E-state index contributed by atoms with van der Waals surface area (Å²) in [4.78, 5) is 22.2. The van der Waals surface area contributed by atoms with E-state index >= 15 is 0 Å². The van der Waals surface area contributed by atoms with Crippen LogP contribution >= 0.6 is 0 Å². The molecule has 1 atom stereocenters. The fraction of sp³-hybridized carbons (Fsp3) is 0.421. The molecule has 2 rings (SSSR count). The van der Waals surface area contributed by atoms with Gasteiger partial charge in [0.1, 0.15) is 6.04 Å². The first kappa shape index (κ1) is 19.0. The Bertz CT molecular complexity index is 580. The predicted octanol–water partition coefficient (Wildman–Crippen LogP) is 2.32. The normalized spacial score (nSPS) is 12.2. The number of aliphatic carboxylic acids is 1. The first-order valence-electron chi connectivity index (χ1n) is 8.61. The first-order valence-corrected chi connectivity index (χ1v) is 8.61. The highest BCUT2D eigenvalue weighted by molar-refractivity contribution is 5.73. The summed E-state index contributed by atoms with van der Waals surface area (Å²) in [5, 5.41) is 11.9. The van der Waals surface area contributed by atoms with Crippen LogP contribution in [0.5, 0.6) is 0 Å². The summed E-state index contributed by atoms with van der Waals surface area (Å²) in [6.07, 6.45) is 6.04. The van der Waals surface area contributed by atoms with Gasteiger partial charge < -0.3 is 10.4 Å². The van der Waals surface area contributed by atoms with E-state index in [0.717, 1.165) is 43.9 Å². The summed E-state index contributed by atoms with van der Waals surface area (Å²) < 4.78 is 0. The van der Waals surface area contributed by atoms with E-state index in [-0.39, 0.29) is 0 Å². The van der Waals surface area contributed by atoms with Crippen LogP contribution in [0.2, 0.25) is 0 Å². The maximum Gasteiger partial charge on any atom is 0.320 e. The number of nitrogens with zero attached hydrogens (tertiary/aromatic N) is 3. The Morgan fingerprint density at radius 2 is 1.68 bits per heavy atom. The average Bonchev–Trinajstić information content (AvgIpc) is 2.63. The summed E-state index contributed by atoms with van der Waals surface area (Å²) in [6, 6.07) is 11.4. The number of carboxylic acids is 1. The third kappa shape index (κ3) is 6.99. The van der Waals surface area contributed by atoms with Gasteiger partial charge in [0.25, 0.3) is 0 Å². The number of carbonyl (C=O) groups is 1. The Hall–Kier alpha value is -2.31. The third-order valence-corrected chi connectivity index (χ3v) is 4.09. The second-order valence-electron chi connectivity index (χ2n) is 6.03. The lowest BCUT2D eigenvalue weighted by Crippen LogP contribution is -2.33. The van der Waals surface area contributed by atoms with Crippen LogP contribution in [0, 0.1) is 0 Å². The van der Waals surface area contributed by atoms with Crippen molar-refractivity contribution in [2.45, 2.75) is 38.4 Å². The quantitative estimate of drug-likeness (QED) is 0.610. The number of carboxylic acid groups (broad SMARTS) is 1. The molecule has 2 heterocycles. The van der Waals surface area contributed by atoms with E-state index in [0.29, 0.717) is 6.42 Å². The highest BCUT2D eigenvalue weighted by atomic mass is 16.4. The predicted molar refractivity (Wildman–Crippen MR) is 96.9 cm³/mol. The van der Waals surface area contributed by atoms with E-state index < -0.39 is 12.0 Å². The Balaban J connectivity index is 1.89. The second-order valence-corrected chi connectivity index (χ2v) is 6.03. The highest BCUT2D eigenvalue weighted by Gasteiger charge is 2.14. The monoisotopic (exact) mass is 342 g/mol. The molecule has 0 aliphatic carbocycles. The highest BCUT2D eigenvalue weighted by Crippen LogP contribution is 2.10. The molecule has 0 aliphatic rings. The largest absolute Gasteiger partial charge is 0.480 e. The molecule has 0 bridgehead atoms. The molecule has 0 unspecified atom stereocenters. The first-order chi connectivity index (χ1) is 12.2. The molecular weight excluding hydrogens is 316 g/mol. The Labute approximate surface area is 148 Å². The minimum atomic E-state index is -0.790. The minimum absolute atomic E-state index is 0.472. The van der Waals surface area contributed by atoms with Crippen LogP contribution in [0.15, 0.2) is 48.8 Å². The van der Waals surface area contributed by atoms with Gasteiger partial charge in [-0.05, 0) is 50.7 Å².